The Morgan fingerprint density at radius 3 is 2.21 bits per heavy atom. The minimum atomic E-state index is -0.175. The summed E-state index contributed by atoms with van der Waals surface area (Å²) in [6.45, 7) is 6.17. The van der Waals surface area contributed by atoms with Crippen LogP contribution in [0.3, 0.4) is 0 Å². The molecule has 0 aliphatic heterocycles. The van der Waals surface area contributed by atoms with Gasteiger partial charge in [-0.25, -0.2) is 0 Å². The van der Waals surface area contributed by atoms with Gasteiger partial charge < -0.3 is 15.1 Å². The molecule has 0 saturated carbocycles. The number of carbonyl (C=O) groups is 1. The standard InChI is InChI=1S/C23H26N4O/c1-4-27(5-2)21-13-11-19(12-14-21)25-23(28)18-15-22(17-24-16-18)26(3)20-9-7-6-8-10-20/h6-17H,4-5H2,1-3H3,(H,25,28). The molecule has 0 aliphatic carbocycles. The molecule has 0 atom stereocenters. The Morgan fingerprint density at radius 1 is 0.893 bits per heavy atom. The minimum Gasteiger partial charge on any atom is -0.372 e. The van der Waals surface area contributed by atoms with Gasteiger partial charge >= 0.3 is 0 Å². The van der Waals surface area contributed by atoms with Gasteiger partial charge in [0.15, 0.2) is 0 Å². The number of amides is 1. The largest absolute Gasteiger partial charge is 0.372 e. The molecule has 0 saturated heterocycles. The van der Waals surface area contributed by atoms with E-state index >= 15 is 0 Å². The summed E-state index contributed by atoms with van der Waals surface area (Å²) in [5.74, 6) is -0.175. The van der Waals surface area contributed by atoms with Gasteiger partial charge in [0, 0.05) is 43.4 Å². The van der Waals surface area contributed by atoms with Crippen molar-refractivity contribution in [1.82, 2.24) is 4.98 Å². The molecule has 28 heavy (non-hydrogen) atoms. The zero-order chi connectivity index (χ0) is 19.9. The fraction of sp³-hybridized carbons (Fsp3) is 0.217. The highest BCUT2D eigenvalue weighted by molar-refractivity contribution is 6.04. The fourth-order valence-electron chi connectivity index (χ4n) is 3.08. The van der Waals surface area contributed by atoms with Crippen molar-refractivity contribution in [3.8, 4) is 0 Å². The number of hydrogen-bond acceptors (Lipinski definition) is 4. The third-order valence-corrected chi connectivity index (χ3v) is 4.77. The van der Waals surface area contributed by atoms with E-state index in [-0.39, 0.29) is 5.91 Å². The maximum Gasteiger partial charge on any atom is 0.257 e. The quantitative estimate of drug-likeness (QED) is 0.636. The van der Waals surface area contributed by atoms with E-state index in [1.54, 1.807) is 12.4 Å². The average Bonchev–Trinajstić information content (AvgIpc) is 2.76. The van der Waals surface area contributed by atoms with Gasteiger partial charge in [-0.1, -0.05) is 18.2 Å². The predicted molar refractivity (Wildman–Crippen MR) is 117 cm³/mol. The number of anilines is 4. The zero-order valence-corrected chi connectivity index (χ0v) is 16.6. The van der Waals surface area contributed by atoms with Crippen molar-refractivity contribution in [3.63, 3.8) is 0 Å². The van der Waals surface area contributed by atoms with Crippen molar-refractivity contribution >= 4 is 28.7 Å². The molecule has 0 bridgehead atoms. The smallest absolute Gasteiger partial charge is 0.257 e. The molecular weight excluding hydrogens is 348 g/mol. The van der Waals surface area contributed by atoms with Crippen molar-refractivity contribution < 1.29 is 4.79 Å². The molecule has 1 heterocycles. The molecule has 1 N–H and O–H groups in total. The van der Waals surface area contributed by atoms with Gasteiger partial charge in [0.2, 0.25) is 0 Å². The molecule has 0 fully saturated rings. The molecule has 0 spiro atoms. The van der Waals surface area contributed by atoms with Crippen LogP contribution in [-0.2, 0) is 0 Å². The van der Waals surface area contributed by atoms with Crippen LogP contribution in [0, 0.1) is 0 Å². The van der Waals surface area contributed by atoms with E-state index in [9.17, 15) is 4.79 Å². The summed E-state index contributed by atoms with van der Waals surface area (Å²) in [6, 6.07) is 19.7. The first-order valence-corrected chi connectivity index (χ1v) is 9.52. The molecule has 1 amide bonds. The maximum atomic E-state index is 12.7. The third-order valence-electron chi connectivity index (χ3n) is 4.77. The molecule has 2 aromatic carbocycles. The number of benzene rings is 2. The highest BCUT2D eigenvalue weighted by atomic mass is 16.1. The summed E-state index contributed by atoms with van der Waals surface area (Å²) in [6.07, 6.45) is 3.34. The predicted octanol–water partition coefficient (Wildman–Crippen LogP) is 4.95. The lowest BCUT2D eigenvalue weighted by Gasteiger charge is -2.21. The zero-order valence-electron chi connectivity index (χ0n) is 16.6. The van der Waals surface area contributed by atoms with E-state index in [2.05, 4.69) is 29.0 Å². The molecule has 3 aromatic rings. The summed E-state index contributed by atoms with van der Waals surface area (Å²) in [5.41, 5.74) is 4.33. The fourth-order valence-corrected chi connectivity index (χ4v) is 3.08. The van der Waals surface area contributed by atoms with Crippen molar-refractivity contribution in [3.05, 3.63) is 78.6 Å². The van der Waals surface area contributed by atoms with Crippen LogP contribution in [0.1, 0.15) is 24.2 Å². The molecule has 3 rings (SSSR count). The Bertz CT molecular complexity index is 905. The third kappa shape index (κ3) is 4.49. The maximum absolute atomic E-state index is 12.7. The topological polar surface area (TPSA) is 48.5 Å². The van der Waals surface area contributed by atoms with Gasteiger partial charge in [-0.2, -0.15) is 0 Å². The minimum absolute atomic E-state index is 0.175. The molecule has 0 aliphatic rings. The number of nitrogens with one attached hydrogen (secondary N) is 1. The Kier molecular flexibility index (Phi) is 6.27. The van der Waals surface area contributed by atoms with Crippen molar-refractivity contribution in [1.29, 1.82) is 0 Å². The highest BCUT2D eigenvalue weighted by Gasteiger charge is 2.11. The molecule has 5 nitrogen and oxygen atoms in total. The van der Waals surface area contributed by atoms with Gasteiger partial charge in [-0.05, 0) is 56.3 Å². The van der Waals surface area contributed by atoms with Crippen LogP contribution < -0.4 is 15.1 Å². The summed E-state index contributed by atoms with van der Waals surface area (Å²) < 4.78 is 0. The van der Waals surface area contributed by atoms with Gasteiger partial charge in [0.1, 0.15) is 0 Å². The van der Waals surface area contributed by atoms with Gasteiger partial charge in [0.05, 0.1) is 17.4 Å². The lowest BCUT2D eigenvalue weighted by atomic mass is 10.2. The van der Waals surface area contributed by atoms with Crippen LogP contribution in [0.4, 0.5) is 22.7 Å². The van der Waals surface area contributed by atoms with E-state index in [1.165, 1.54) is 0 Å². The Balaban J connectivity index is 1.73. The first-order chi connectivity index (χ1) is 13.6. The number of hydrogen-bond donors (Lipinski definition) is 1. The summed E-state index contributed by atoms with van der Waals surface area (Å²) in [5, 5.41) is 2.95. The van der Waals surface area contributed by atoms with E-state index in [0.29, 0.717) is 5.56 Å². The lowest BCUT2D eigenvalue weighted by Crippen LogP contribution is -2.21. The number of aromatic nitrogens is 1. The van der Waals surface area contributed by atoms with Crippen molar-refractivity contribution in [2.24, 2.45) is 0 Å². The second-order valence-corrected chi connectivity index (χ2v) is 6.50. The van der Waals surface area contributed by atoms with Crippen molar-refractivity contribution in [2.45, 2.75) is 13.8 Å². The van der Waals surface area contributed by atoms with Crippen LogP contribution in [0.25, 0.3) is 0 Å². The molecule has 5 heteroatoms. The normalized spacial score (nSPS) is 10.4. The Hall–Kier alpha value is -3.34. The molecule has 144 valence electrons. The van der Waals surface area contributed by atoms with Crippen molar-refractivity contribution in [2.75, 3.05) is 35.3 Å². The van der Waals surface area contributed by atoms with Crippen LogP contribution in [0.15, 0.2) is 73.1 Å². The average molecular weight is 374 g/mol. The second-order valence-electron chi connectivity index (χ2n) is 6.50. The van der Waals surface area contributed by atoms with E-state index in [4.69, 9.17) is 0 Å². The van der Waals surface area contributed by atoms with Crippen LogP contribution in [0.2, 0.25) is 0 Å². The first kappa shape index (κ1) is 19.4. The summed E-state index contributed by atoms with van der Waals surface area (Å²) in [7, 11) is 1.96. The monoisotopic (exact) mass is 374 g/mol. The molecule has 1 aromatic heterocycles. The van der Waals surface area contributed by atoms with Crippen LogP contribution in [-0.4, -0.2) is 31.0 Å². The number of carbonyl (C=O) groups excluding carboxylic acids is 1. The van der Waals surface area contributed by atoms with E-state index in [1.807, 2.05) is 72.6 Å². The van der Waals surface area contributed by atoms with Gasteiger partial charge in [0.25, 0.3) is 5.91 Å². The van der Waals surface area contributed by atoms with E-state index < -0.39 is 0 Å². The number of rotatable bonds is 7. The number of para-hydroxylation sites is 1. The van der Waals surface area contributed by atoms with Crippen LogP contribution in [0.5, 0.6) is 0 Å². The summed E-state index contributed by atoms with van der Waals surface area (Å²) >= 11 is 0. The highest BCUT2D eigenvalue weighted by Crippen LogP contribution is 2.24. The molecule has 0 radical (unpaired) electrons. The Labute approximate surface area is 166 Å². The van der Waals surface area contributed by atoms with Crippen LogP contribution >= 0.6 is 0 Å². The van der Waals surface area contributed by atoms with Gasteiger partial charge in [-0.3, -0.25) is 9.78 Å². The second kappa shape index (κ2) is 9.04. The number of pyridine rings is 1. The number of nitrogens with zero attached hydrogens (tertiary/aromatic N) is 3. The SMILES string of the molecule is CCN(CC)c1ccc(NC(=O)c2cncc(N(C)c3ccccc3)c2)cc1. The lowest BCUT2D eigenvalue weighted by molar-refractivity contribution is 0.102. The first-order valence-electron chi connectivity index (χ1n) is 9.52. The molecular formula is C23H26N4O. The van der Waals surface area contributed by atoms with E-state index in [0.717, 1.165) is 35.8 Å². The summed E-state index contributed by atoms with van der Waals surface area (Å²) in [4.78, 5) is 21.2. The molecule has 0 unspecified atom stereocenters. The Morgan fingerprint density at radius 2 is 1.57 bits per heavy atom. The van der Waals surface area contributed by atoms with Gasteiger partial charge in [-0.15, -0.1) is 0 Å².